The molecular formula is C23H18ClF4N3O2. The van der Waals surface area contributed by atoms with Crippen LogP contribution in [0.15, 0.2) is 72.8 Å². The van der Waals surface area contributed by atoms with Crippen molar-refractivity contribution in [3.63, 3.8) is 0 Å². The molecule has 3 aromatic rings. The van der Waals surface area contributed by atoms with Crippen molar-refractivity contribution in [2.75, 3.05) is 23.3 Å². The first-order chi connectivity index (χ1) is 15.6. The highest BCUT2D eigenvalue weighted by Crippen LogP contribution is 2.29. The predicted molar refractivity (Wildman–Crippen MR) is 118 cm³/mol. The quantitative estimate of drug-likeness (QED) is 0.428. The van der Waals surface area contributed by atoms with Gasteiger partial charge in [0.2, 0.25) is 0 Å². The average Bonchev–Trinajstić information content (AvgIpc) is 2.77. The second-order valence-corrected chi connectivity index (χ2v) is 7.34. The van der Waals surface area contributed by atoms with Crippen molar-refractivity contribution in [1.82, 2.24) is 5.32 Å². The molecule has 0 aliphatic rings. The summed E-state index contributed by atoms with van der Waals surface area (Å²) in [5.41, 5.74) is -0.331. The lowest BCUT2D eigenvalue weighted by atomic mass is 10.1. The Morgan fingerprint density at radius 3 is 2.30 bits per heavy atom. The molecule has 0 unspecified atom stereocenters. The summed E-state index contributed by atoms with van der Waals surface area (Å²) in [6.45, 7) is -0.113. The fourth-order valence-corrected chi connectivity index (χ4v) is 3.14. The Labute approximate surface area is 192 Å². The summed E-state index contributed by atoms with van der Waals surface area (Å²) in [5, 5.41) is 5.57. The molecule has 0 saturated carbocycles. The van der Waals surface area contributed by atoms with Gasteiger partial charge in [-0.3, -0.25) is 9.69 Å². The van der Waals surface area contributed by atoms with Gasteiger partial charge in [-0.25, -0.2) is 9.18 Å². The van der Waals surface area contributed by atoms with Gasteiger partial charge in [0, 0.05) is 35.1 Å². The monoisotopic (exact) mass is 479 g/mol. The van der Waals surface area contributed by atoms with Gasteiger partial charge >= 0.3 is 12.2 Å². The molecule has 0 fully saturated rings. The largest absolute Gasteiger partial charge is 0.416 e. The number of rotatable bonds is 6. The van der Waals surface area contributed by atoms with E-state index in [0.717, 1.165) is 18.2 Å². The third-order valence-corrected chi connectivity index (χ3v) is 4.77. The zero-order chi connectivity index (χ0) is 24.0. The number of urea groups is 1. The highest BCUT2D eigenvalue weighted by molar-refractivity contribution is 6.30. The van der Waals surface area contributed by atoms with E-state index in [1.54, 1.807) is 18.2 Å². The Bertz CT molecular complexity index is 1140. The number of nitrogens with one attached hydrogen (secondary N) is 2. The van der Waals surface area contributed by atoms with Crippen LogP contribution in [0.4, 0.5) is 33.7 Å². The number of nitrogens with zero attached hydrogens (tertiary/aromatic N) is 1. The van der Waals surface area contributed by atoms with Gasteiger partial charge < -0.3 is 10.6 Å². The van der Waals surface area contributed by atoms with Crippen molar-refractivity contribution in [3.8, 4) is 0 Å². The molecule has 0 spiro atoms. The maximum Gasteiger partial charge on any atom is 0.416 e. The smallest absolute Gasteiger partial charge is 0.350 e. The lowest BCUT2D eigenvalue weighted by molar-refractivity contribution is -0.137. The molecule has 0 aliphatic heterocycles. The van der Waals surface area contributed by atoms with E-state index in [1.165, 1.54) is 41.3 Å². The van der Waals surface area contributed by atoms with Gasteiger partial charge in [-0.05, 0) is 60.7 Å². The summed E-state index contributed by atoms with van der Waals surface area (Å²) in [6.07, 6.45) is -4.58. The SMILES string of the molecule is O=C(NCCN(C(=O)Nc1cccc(Cl)c1)c1ccc(F)cc1)c1cccc(C(F)(F)F)c1. The third kappa shape index (κ3) is 6.69. The lowest BCUT2D eigenvalue weighted by Gasteiger charge is -2.23. The first-order valence-electron chi connectivity index (χ1n) is 9.68. The Hall–Kier alpha value is -3.59. The van der Waals surface area contributed by atoms with Crippen molar-refractivity contribution in [1.29, 1.82) is 0 Å². The summed E-state index contributed by atoms with van der Waals surface area (Å²) < 4.78 is 52.0. The molecule has 0 heterocycles. The molecule has 172 valence electrons. The number of halogens is 5. The van der Waals surface area contributed by atoms with Gasteiger partial charge in [-0.1, -0.05) is 23.7 Å². The fourth-order valence-electron chi connectivity index (χ4n) is 2.95. The van der Waals surface area contributed by atoms with Crippen LogP contribution in [0.2, 0.25) is 5.02 Å². The minimum absolute atomic E-state index is 0.0390. The normalized spacial score (nSPS) is 11.1. The average molecular weight is 480 g/mol. The molecule has 10 heteroatoms. The lowest BCUT2D eigenvalue weighted by Crippen LogP contribution is -2.41. The van der Waals surface area contributed by atoms with Gasteiger partial charge in [0.05, 0.1) is 5.56 Å². The van der Waals surface area contributed by atoms with Crippen LogP contribution >= 0.6 is 11.6 Å². The number of hydrogen-bond acceptors (Lipinski definition) is 2. The number of carbonyl (C=O) groups excluding carboxylic acids is 2. The molecule has 0 aliphatic carbocycles. The molecule has 3 aromatic carbocycles. The number of carbonyl (C=O) groups is 2. The van der Waals surface area contributed by atoms with Crippen LogP contribution in [-0.2, 0) is 6.18 Å². The number of benzene rings is 3. The molecule has 0 atom stereocenters. The number of hydrogen-bond donors (Lipinski definition) is 2. The van der Waals surface area contributed by atoms with E-state index in [0.29, 0.717) is 16.4 Å². The van der Waals surface area contributed by atoms with Gasteiger partial charge in [-0.2, -0.15) is 13.2 Å². The van der Waals surface area contributed by atoms with Crippen LogP contribution in [0.5, 0.6) is 0 Å². The number of amides is 3. The summed E-state index contributed by atoms with van der Waals surface area (Å²) in [4.78, 5) is 26.4. The van der Waals surface area contributed by atoms with Crippen molar-refractivity contribution < 1.29 is 27.2 Å². The van der Waals surface area contributed by atoms with Crippen molar-refractivity contribution in [2.45, 2.75) is 6.18 Å². The molecular weight excluding hydrogens is 462 g/mol. The third-order valence-electron chi connectivity index (χ3n) is 4.53. The molecule has 0 bridgehead atoms. The summed E-state index contributed by atoms with van der Waals surface area (Å²) in [7, 11) is 0. The van der Waals surface area contributed by atoms with Gasteiger partial charge in [0.1, 0.15) is 5.82 Å². The summed E-state index contributed by atoms with van der Waals surface area (Å²) in [5.74, 6) is -1.22. The Kier molecular flexibility index (Phi) is 7.55. The second-order valence-electron chi connectivity index (χ2n) is 6.90. The van der Waals surface area contributed by atoms with Crippen LogP contribution in [-0.4, -0.2) is 25.0 Å². The molecule has 5 nitrogen and oxygen atoms in total. The zero-order valence-corrected chi connectivity index (χ0v) is 17.8. The Morgan fingerprint density at radius 2 is 1.64 bits per heavy atom. The summed E-state index contributed by atoms with van der Waals surface area (Å²) in [6, 6.07) is 15.0. The van der Waals surface area contributed by atoms with Crippen molar-refractivity contribution in [3.05, 3.63) is 94.8 Å². The maximum atomic E-state index is 13.3. The molecule has 0 radical (unpaired) electrons. The zero-order valence-electron chi connectivity index (χ0n) is 17.0. The van der Waals surface area contributed by atoms with E-state index in [-0.39, 0.29) is 18.7 Å². The fraction of sp³-hybridized carbons (Fsp3) is 0.130. The molecule has 2 N–H and O–H groups in total. The highest BCUT2D eigenvalue weighted by atomic mass is 35.5. The van der Waals surface area contributed by atoms with Gasteiger partial charge in [0.25, 0.3) is 5.91 Å². The molecule has 33 heavy (non-hydrogen) atoms. The minimum atomic E-state index is -4.58. The molecule has 3 amide bonds. The first-order valence-corrected chi connectivity index (χ1v) is 10.1. The topological polar surface area (TPSA) is 61.4 Å². The van der Waals surface area contributed by atoms with E-state index >= 15 is 0 Å². The van der Waals surface area contributed by atoms with E-state index in [1.807, 2.05) is 0 Å². The van der Waals surface area contributed by atoms with Gasteiger partial charge in [-0.15, -0.1) is 0 Å². The van der Waals surface area contributed by atoms with Crippen molar-refractivity contribution >= 4 is 34.9 Å². The summed E-state index contributed by atoms with van der Waals surface area (Å²) >= 11 is 5.93. The molecule has 0 saturated heterocycles. The predicted octanol–water partition coefficient (Wildman–Crippen LogP) is 5.97. The standard InChI is InChI=1S/C23H18ClF4N3O2/c24-17-5-2-6-19(14-17)30-22(33)31(20-9-7-18(25)8-10-20)12-11-29-21(32)15-3-1-4-16(13-15)23(26,27)28/h1-10,13-14H,11-12H2,(H,29,32)(H,30,33). The number of anilines is 2. The minimum Gasteiger partial charge on any atom is -0.350 e. The highest BCUT2D eigenvalue weighted by Gasteiger charge is 2.30. The Morgan fingerprint density at radius 1 is 0.939 bits per heavy atom. The van der Waals surface area contributed by atoms with Crippen LogP contribution in [0.3, 0.4) is 0 Å². The molecule has 0 aromatic heterocycles. The maximum absolute atomic E-state index is 13.3. The first kappa shape index (κ1) is 24.1. The van der Waals surface area contributed by atoms with Crippen LogP contribution in [0, 0.1) is 5.82 Å². The van der Waals surface area contributed by atoms with E-state index in [9.17, 15) is 27.2 Å². The van der Waals surface area contributed by atoms with E-state index < -0.39 is 29.5 Å². The molecule has 3 rings (SSSR count). The number of alkyl halides is 3. The van der Waals surface area contributed by atoms with Crippen molar-refractivity contribution in [2.24, 2.45) is 0 Å². The Balaban J connectivity index is 1.71. The van der Waals surface area contributed by atoms with E-state index in [4.69, 9.17) is 11.6 Å². The second kappa shape index (κ2) is 10.4. The van der Waals surface area contributed by atoms with Gasteiger partial charge in [0.15, 0.2) is 0 Å². The van der Waals surface area contributed by atoms with Crippen LogP contribution in [0.25, 0.3) is 0 Å². The van der Waals surface area contributed by atoms with Crippen LogP contribution < -0.4 is 15.5 Å². The van der Waals surface area contributed by atoms with E-state index in [2.05, 4.69) is 10.6 Å². The van der Waals surface area contributed by atoms with Crippen LogP contribution in [0.1, 0.15) is 15.9 Å².